The Kier molecular flexibility index (Phi) is 6.12. The van der Waals surface area contributed by atoms with Crippen LogP contribution in [-0.2, 0) is 19.7 Å². The Hall–Kier alpha value is -2.93. The van der Waals surface area contributed by atoms with Crippen molar-refractivity contribution in [3.05, 3.63) is 24.0 Å². The molecule has 0 spiro atoms. The van der Waals surface area contributed by atoms with Crippen LogP contribution in [0.2, 0.25) is 0 Å². The summed E-state index contributed by atoms with van der Waals surface area (Å²) in [5, 5.41) is 6.47. The van der Waals surface area contributed by atoms with Crippen molar-refractivity contribution in [1.82, 2.24) is 14.0 Å². The Balaban J connectivity index is 1.71. The zero-order chi connectivity index (χ0) is 22.1. The molecule has 2 heterocycles. The van der Waals surface area contributed by atoms with E-state index in [1.54, 1.807) is 6.07 Å². The van der Waals surface area contributed by atoms with Gasteiger partial charge in [-0.15, -0.1) is 0 Å². The first-order valence-electron chi connectivity index (χ1n) is 9.12. The van der Waals surface area contributed by atoms with Gasteiger partial charge in [0.05, 0.1) is 31.0 Å². The van der Waals surface area contributed by atoms with E-state index in [4.69, 9.17) is 4.74 Å². The lowest BCUT2D eigenvalue weighted by atomic mass is 10.2. The lowest BCUT2D eigenvalue weighted by Crippen LogP contribution is -2.45. The molecule has 2 amide bonds. The maximum absolute atomic E-state index is 14.7. The van der Waals surface area contributed by atoms with Crippen molar-refractivity contribution in [1.29, 1.82) is 0 Å². The zero-order valence-electron chi connectivity index (χ0n) is 16.8. The molecule has 2 aliphatic heterocycles. The van der Waals surface area contributed by atoms with Crippen molar-refractivity contribution in [3.8, 4) is 0 Å². The van der Waals surface area contributed by atoms with E-state index in [0.29, 0.717) is 5.69 Å². The number of hydrazone groups is 1. The van der Waals surface area contributed by atoms with Crippen LogP contribution in [0.5, 0.6) is 0 Å². The molecular weight excluding hydrogens is 419 g/mol. The molecule has 2 aliphatic rings. The van der Waals surface area contributed by atoms with E-state index < -0.39 is 28.2 Å². The van der Waals surface area contributed by atoms with Crippen LogP contribution < -0.4 is 15.1 Å². The number of benzene rings is 1. The highest BCUT2D eigenvalue weighted by Gasteiger charge is 2.33. The number of hydrogen-bond donors (Lipinski definition) is 1. The third kappa shape index (κ3) is 4.46. The fourth-order valence-electron chi connectivity index (χ4n) is 2.97. The van der Waals surface area contributed by atoms with E-state index in [2.05, 4.69) is 10.4 Å². The smallest absolute Gasteiger partial charge is 0.414 e. The number of nitrogens with zero attached hydrogens (tertiary/aromatic N) is 5. The summed E-state index contributed by atoms with van der Waals surface area (Å²) in [6.45, 7) is 1.98. The lowest BCUT2D eigenvalue weighted by Gasteiger charge is -2.31. The van der Waals surface area contributed by atoms with Gasteiger partial charge in [0.15, 0.2) is 0 Å². The van der Waals surface area contributed by atoms with Gasteiger partial charge in [-0.25, -0.2) is 9.18 Å². The van der Waals surface area contributed by atoms with Crippen LogP contribution in [0.3, 0.4) is 0 Å². The van der Waals surface area contributed by atoms with Crippen molar-refractivity contribution in [3.63, 3.8) is 0 Å². The number of nitrogens with one attached hydrogen (secondary N) is 1. The van der Waals surface area contributed by atoms with Crippen LogP contribution in [0.25, 0.3) is 0 Å². The van der Waals surface area contributed by atoms with Crippen molar-refractivity contribution in [2.75, 3.05) is 50.1 Å². The number of rotatable bonds is 6. The molecule has 0 radical (unpaired) electrons. The van der Waals surface area contributed by atoms with Gasteiger partial charge in [-0.3, -0.25) is 9.69 Å². The van der Waals surface area contributed by atoms with Crippen LogP contribution in [-0.4, -0.2) is 81.9 Å². The minimum atomic E-state index is -3.69. The van der Waals surface area contributed by atoms with Crippen molar-refractivity contribution >= 4 is 39.9 Å². The van der Waals surface area contributed by atoms with Crippen molar-refractivity contribution in [2.45, 2.75) is 13.0 Å². The third-order valence-electron chi connectivity index (χ3n) is 4.58. The summed E-state index contributed by atoms with van der Waals surface area (Å²) in [6, 6.07) is 4.26. The van der Waals surface area contributed by atoms with Crippen molar-refractivity contribution < 1.29 is 27.1 Å². The van der Waals surface area contributed by atoms with E-state index in [-0.39, 0.29) is 37.8 Å². The van der Waals surface area contributed by atoms with E-state index in [1.807, 2.05) is 0 Å². The molecule has 1 fully saturated rings. The quantitative estimate of drug-likeness (QED) is 0.671. The molecule has 1 atom stereocenters. The molecule has 0 bridgehead atoms. The first-order chi connectivity index (χ1) is 14.1. The highest BCUT2D eigenvalue weighted by molar-refractivity contribution is 7.86. The highest BCUT2D eigenvalue weighted by atomic mass is 32.2. The molecule has 1 N–H and O–H groups in total. The Morgan fingerprint density at radius 2 is 2.10 bits per heavy atom. The molecule has 164 valence electrons. The van der Waals surface area contributed by atoms with Gasteiger partial charge in [0.2, 0.25) is 5.91 Å². The molecular formula is C17H23FN6O5S. The average molecular weight is 442 g/mol. The normalized spacial score (nSPS) is 19.4. The van der Waals surface area contributed by atoms with Crippen LogP contribution >= 0.6 is 0 Å². The Labute approximate surface area is 173 Å². The first-order valence-corrected chi connectivity index (χ1v) is 10.5. The Bertz CT molecular complexity index is 969. The molecule has 11 nitrogen and oxygen atoms in total. The van der Waals surface area contributed by atoms with Gasteiger partial charge in [-0.05, 0) is 18.2 Å². The number of hydrogen-bond acceptors (Lipinski definition) is 7. The van der Waals surface area contributed by atoms with E-state index in [1.165, 1.54) is 49.3 Å². The second kappa shape index (κ2) is 8.44. The first kappa shape index (κ1) is 21.8. The molecule has 30 heavy (non-hydrogen) atoms. The molecule has 13 heteroatoms. The number of carbonyl (C=O) groups is 2. The molecule has 1 saturated heterocycles. The fraction of sp³-hybridized carbons (Fsp3) is 0.471. The van der Waals surface area contributed by atoms with Crippen LogP contribution in [0.1, 0.15) is 6.92 Å². The highest BCUT2D eigenvalue weighted by Crippen LogP contribution is 2.28. The molecule has 1 aromatic rings. The number of halogens is 1. The third-order valence-corrected chi connectivity index (χ3v) is 6.32. The molecule has 1 aromatic carbocycles. The number of ether oxygens (including phenoxy) is 1. The van der Waals surface area contributed by atoms with Crippen molar-refractivity contribution in [2.24, 2.45) is 5.10 Å². The Morgan fingerprint density at radius 1 is 1.37 bits per heavy atom. The van der Waals surface area contributed by atoms with E-state index in [9.17, 15) is 22.4 Å². The second-order valence-electron chi connectivity index (χ2n) is 6.95. The summed E-state index contributed by atoms with van der Waals surface area (Å²) in [5.74, 6) is -0.832. The monoisotopic (exact) mass is 442 g/mol. The fourth-order valence-corrected chi connectivity index (χ4v) is 3.82. The molecule has 0 unspecified atom stereocenters. The number of carbonyl (C=O) groups excluding carboxylic acids is 2. The number of amides is 2. The molecule has 0 saturated carbocycles. The van der Waals surface area contributed by atoms with Gasteiger partial charge < -0.3 is 15.0 Å². The zero-order valence-corrected chi connectivity index (χ0v) is 17.6. The van der Waals surface area contributed by atoms with Crippen LogP contribution in [0.15, 0.2) is 23.3 Å². The molecule has 3 rings (SSSR count). The predicted molar refractivity (Wildman–Crippen MR) is 108 cm³/mol. The van der Waals surface area contributed by atoms with E-state index in [0.717, 1.165) is 8.72 Å². The lowest BCUT2D eigenvalue weighted by molar-refractivity contribution is -0.119. The number of cyclic esters (lactones) is 1. The van der Waals surface area contributed by atoms with Gasteiger partial charge in [0, 0.05) is 27.6 Å². The van der Waals surface area contributed by atoms with Crippen LogP contribution in [0, 0.1) is 5.82 Å². The summed E-state index contributed by atoms with van der Waals surface area (Å²) < 4.78 is 46.1. The maximum Gasteiger partial charge on any atom is 0.414 e. The van der Waals surface area contributed by atoms with Crippen LogP contribution in [0.4, 0.5) is 20.6 Å². The predicted octanol–water partition coefficient (Wildman–Crippen LogP) is 0.159. The largest absolute Gasteiger partial charge is 0.442 e. The minimum absolute atomic E-state index is 0.0570. The topological polar surface area (TPSA) is 115 Å². The number of anilines is 2. The second-order valence-corrected chi connectivity index (χ2v) is 9.00. The maximum atomic E-state index is 14.7. The summed E-state index contributed by atoms with van der Waals surface area (Å²) in [5.41, 5.74) is 0.518. The summed E-state index contributed by atoms with van der Waals surface area (Å²) in [6.07, 6.45) is 0.0977. The van der Waals surface area contributed by atoms with Gasteiger partial charge in [0.25, 0.3) is 0 Å². The summed E-state index contributed by atoms with van der Waals surface area (Å²) in [4.78, 5) is 25.9. The molecule has 0 aliphatic carbocycles. The van der Waals surface area contributed by atoms with E-state index >= 15 is 0 Å². The Morgan fingerprint density at radius 3 is 2.67 bits per heavy atom. The van der Waals surface area contributed by atoms with Gasteiger partial charge in [-0.2, -0.15) is 22.2 Å². The summed E-state index contributed by atoms with van der Waals surface area (Å²) >= 11 is 0. The molecule has 0 aromatic heterocycles. The minimum Gasteiger partial charge on any atom is -0.442 e. The average Bonchev–Trinajstić information content (AvgIpc) is 3.07. The van der Waals surface area contributed by atoms with Gasteiger partial charge >= 0.3 is 16.3 Å². The van der Waals surface area contributed by atoms with Gasteiger partial charge in [0.1, 0.15) is 18.3 Å². The SMILES string of the molecule is CC(=O)NC[C@H]1CN(c2ccc(N3C=NN(S(=O)(=O)N(C)C)CC3)c(F)c2)C(=O)O1. The van der Waals surface area contributed by atoms with Gasteiger partial charge in [-0.1, -0.05) is 0 Å². The summed E-state index contributed by atoms with van der Waals surface area (Å²) in [7, 11) is -0.886. The standard InChI is InChI=1S/C17H23FN6O5S/c1-12(25)19-9-14-10-23(17(26)29-14)13-4-5-16(15(18)8-13)22-6-7-24(20-11-22)30(27,28)21(2)3/h4-5,8,11,14H,6-7,9-10H2,1-3H3,(H,19,25)/t14-/m0/s1.